The molecule has 0 aliphatic carbocycles. The number of hydrogen-bond donors (Lipinski definition) is 1. The van der Waals surface area contributed by atoms with Crippen molar-refractivity contribution in [3.63, 3.8) is 0 Å². The molecule has 0 saturated heterocycles. The fraction of sp³-hybridized carbons (Fsp3) is 0.818. The van der Waals surface area contributed by atoms with Crippen LogP contribution in [-0.4, -0.2) is 17.2 Å². The Bertz CT molecular complexity index is 220. The average molecular weight is 197 g/mol. The first-order valence-electron chi connectivity index (χ1n) is 5.23. The molecule has 1 N–H and O–H groups in total. The molecule has 1 rings (SSSR count). The van der Waals surface area contributed by atoms with E-state index in [0.29, 0.717) is 11.8 Å². The lowest BCUT2D eigenvalue weighted by Gasteiger charge is -2.23. The second-order valence-corrected chi connectivity index (χ2v) is 5.52. The van der Waals surface area contributed by atoms with Gasteiger partial charge in [-0.15, -0.1) is 8.20 Å². The number of nitrogens with one attached hydrogen (secondary N) is 1. The molecule has 1 aliphatic rings. The van der Waals surface area contributed by atoms with Crippen LogP contribution in [0.5, 0.6) is 0 Å². The summed E-state index contributed by atoms with van der Waals surface area (Å²) in [5.74, 6) is 1.06. The van der Waals surface area contributed by atoms with Crippen molar-refractivity contribution in [2.75, 3.05) is 6.16 Å². The molecule has 0 aromatic carbocycles. The first-order valence-corrected chi connectivity index (χ1v) is 6.31. The number of hydrogen-bond acceptors (Lipinski definition) is 1. The molecule has 0 fully saturated rings. The van der Waals surface area contributed by atoms with E-state index >= 15 is 0 Å². The highest BCUT2D eigenvalue weighted by molar-refractivity contribution is 7.40. The molecule has 13 heavy (non-hydrogen) atoms. The van der Waals surface area contributed by atoms with Gasteiger partial charge in [-0.25, -0.2) is 0 Å². The summed E-state index contributed by atoms with van der Waals surface area (Å²) in [4.78, 5) is 0. The minimum atomic E-state index is 0.510. The molecule has 2 unspecified atom stereocenters. The summed E-state index contributed by atoms with van der Waals surface area (Å²) >= 11 is 0. The van der Waals surface area contributed by atoms with E-state index in [2.05, 4.69) is 20.8 Å². The fourth-order valence-corrected chi connectivity index (χ4v) is 3.05. The molecule has 0 spiro atoms. The third-order valence-corrected chi connectivity index (χ3v) is 4.37. The second-order valence-electron chi connectivity index (χ2n) is 4.08. The molecular weight excluding hydrogens is 177 g/mol. The van der Waals surface area contributed by atoms with E-state index in [1.54, 1.807) is 5.29 Å². The summed E-state index contributed by atoms with van der Waals surface area (Å²) in [6.07, 6.45) is 4.74. The van der Waals surface area contributed by atoms with Gasteiger partial charge >= 0.3 is 0 Å². The van der Waals surface area contributed by atoms with E-state index in [1.165, 1.54) is 27.2 Å². The van der Waals surface area contributed by atoms with Crippen LogP contribution in [0.15, 0.2) is 0 Å². The van der Waals surface area contributed by atoms with Crippen LogP contribution in [0.25, 0.3) is 0 Å². The highest BCUT2D eigenvalue weighted by atomic mass is 31.1. The van der Waals surface area contributed by atoms with Gasteiger partial charge in [0.05, 0.1) is 0 Å². The van der Waals surface area contributed by atoms with Crippen LogP contribution in [-0.2, 0) is 0 Å². The molecule has 1 heterocycles. The Morgan fingerprint density at radius 1 is 1.54 bits per heavy atom. The van der Waals surface area contributed by atoms with Gasteiger partial charge in [0, 0.05) is 11.6 Å². The molecule has 2 atom stereocenters. The maximum atomic E-state index is 8.04. The highest BCUT2D eigenvalue weighted by Crippen LogP contribution is 2.24. The third-order valence-electron chi connectivity index (χ3n) is 2.98. The predicted octanol–water partition coefficient (Wildman–Crippen LogP) is 3.60. The topological polar surface area (TPSA) is 23.9 Å². The summed E-state index contributed by atoms with van der Waals surface area (Å²) in [6.45, 7) is 6.68. The highest BCUT2D eigenvalue weighted by Gasteiger charge is 2.19. The molecule has 0 radical (unpaired) electrons. The SMILES string of the molecule is CCC1CP=C(C)CCC(C)C1=N. The van der Waals surface area contributed by atoms with E-state index < -0.39 is 0 Å². The molecule has 0 aromatic rings. The molecule has 1 aliphatic heterocycles. The Morgan fingerprint density at radius 2 is 2.23 bits per heavy atom. The molecule has 1 nitrogen and oxygen atoms in total. The van der Waals surface area contributed by atoms with Crippen LogP contribution in [0, 0.1) is 17.2 Å². The van der Waals surface area contributed by atoms with Gasteiger partial charge in [-0.05, 0) is 38.3 Å². The lowest BCUT2D eigenvalue weighted by Crippen LogP contribution is -2.24. The van der Waals surface area contributed by atoms with Gasteiger partial charge in [0.15, 0.2) is 0 Å². The van der Waals surface area contributed by atoms with E-state index in [-0.39, 0.29) is 0 Å². The van der Waals surface area contributed by atoms with Crippen LogP contribution < -0.4 is 0 Å². The predicted molar refractivity (Wildman–Crippen MR) is 62.4 cm³/mol. The van der Waals surface area contributed by atoms with Gasteiger partial charge in [0.1, 0.15) is 0 Å². The summed E-state index contributed by atoms with van der Waals surface area (Å²) in [5, 5.41) is 9.65. The minimum absolute atomic E-state index is 0.510. The Morgan fingerprint density at radius 3 is 2.85 bits per heavy atom. The first-order chi connectivity index (χ1) is 6.15. The molecule has 74 valence electrons. The van der Waals surface area contributed by atoms with Crippen molar-refractivity contribution in [2.45, 2.75) is 40.0 Å². The zero-order valence-electron chi connectivity index (χ0n) is 8.93. The Hall–Kier alpha value is -0.160. The quantitative estimate of drug-likeness (QED) is 0.621. The molecular formula is C11H20NP. The van der Waals surface area contributed by atoms with Gasteiger partial charge in [-0.2, -0.15) is 0 Å². The van der Waals surface area contributed by atoms with E-state index in [1.807, 2.05) is 0 Å². The molecule has 0 amide bonds. The van der Waals surface area contributed by atoms with E-state index in [0.717, 1.165) is 12.1 Å². The standard InChI is InChI=1S/C11H20NP/c1-4-10-7-13-9(3)6-5-8(2)11(10)12/h8,10,12H,4-7H2,1-3H3. The monoisotopic (exact) mass is 197 g/mol. The van der Waals surface area contributed by atoms with Crippen molar-refractivity contribution in [3.8, 4) is 0 Å². The van der Waals surface area contributed by atoms with Crippen molar-refractivity contribution < 1.29 is 0 Å². The minimum Gasteiger partial charge on any atom is -0.309 e. The molecule has 0 aromatic heterocycles. The largest absolute Gasteiger partial charge is 0.309 e. The van der Waals surface area contributed by atoms with Crippen molar-refractivity contribution in [1.29, 1.82) is 5.41 Å². The first kappa shape index (κ1) is 10.9. The summed E-state index contributed by atoms with van der Waals surface area (Å²) in [7, 11) is 1.48. The van der Waals surface area contributed by atoms with Crippen LogP contribution in [0.1, 0.15) is 40.0 Å². The van der Waals surface area contributed by atoms with Gasteiger partial charge in [-0.3, -0.25) is 0 Å². The lowest BCUT2D eigenvalue weighted by atomic mass is 9.89. The van der Waals surface area contributed by atoms with Crippen molar-refractivity contribution in [2.24, 2.45) is 11.8 Å². The second kappa shape index (κ2) is 4.91. The molecule has 0 saturated carbocycles. The van der Waals surface area contributed by atoms with Crippen molar-refractivity contribution >= 4 is 19.2 Å². The van der Waals surface area contributed by atoms with Gasteiger partial charge < -0.3 is 5.41 Å². The maximum absolute atomic E-state index is 8.04. The van der Waals surface area contributed by atoms with E-state index in [4.69, 9.17) is 5.41 Å². The summed E-state index contributed by atoms with van der Waals surface area (Å²) in [5.41, 5.74) is 1.00. The van der Waals surface area contributed by atoms with Gasteiger partial charge in [0.25, 0.3) is 0 Å². The van der Waals surface area contributed by atoms with Crippen molar-refractivity contribution in [3.05, 3.63) is 0 Å². The van der Waals surface area contributed by atoms with Crippen LogP contribution in [0.3, 0.4) is 0 Å². The molecule has 2 heteroatoms. The Labute approximate surface area is 83.2 Å². The van der Waals surface area contributed by atoms with Crippen LogP contribution in [0.2, 0.25) is 0 Å². The zero-order valence-corrected chi connectivity index (χ0v) is 9.82. The normalized spacial score (nSPS) is 31.9. The summed E-state index contributed by atoms with van der Waals surface area (Å²) < 4.78 is 0. The third kappa shape index (κ3) is 2.91. The van der Waals surface area contributed by atoms with Gasteiger partial charge in [-0.1, -0.05) is 19.1 Å². The van der Waals surface area contributed by atoms with Crippen LogP contribution in [0.4, 0.5) is 0 Å². The Balaban J connectivity index is 2.73. The van der Waals surface area contributed by atoms with Gasteiger partial charge in [0.2, 0.25) is 0 Å². The molecule has 0 bridgehead atoms. The maximum Gasteiger partial charge on any atom is 0.0155 e. The Kier molecular flexibility index (Phi) is 4.12. The average Bonchev–Trinajstić information content (AvgIpc) is 2.13. The fourth-order valence-electron chi connectivity index (χ4n) is 1.78. The lowest BCUT2D eigenvalue weighted by molar-refractivity contribution is 0.626. The zero-order chi connectivity index (χ0) is 9.84. The summed E-state index contributed by atoms with van der Waals surface area (Å²) in [6, 6.07) is 0. The van der Waals surface area contributed by atoms with Crippen molar-refractivity contribution in [1.82, 2.24) is 0 Å². The van der Waals surface area contributed by atoms with Crippen LogP contribution >= 0.6 is 8.20 Å². The smallest absolute Gasteiger partial charge is 0.0155 e. The number of rotatable bonds is 1. The van der Waals surface area contributed by atoms with E-state index in [9.17, 15) is 0 Å².